The molecular formula is C21H25ClN2O4. The molecular weight excluding hydrogens is 380 g/mol. The van der Waals surface area contributed by atoms with Gasteiger partial charge >= 0.3 is 6.09 Å². The van der Waals surface area contributed by atoms with Gasteiger partial charge in [0, 0.05) is 36.8 Å². The highest BCUT2D eigenvalue weighted by molar-refractivity contribution is 6.19. The van der Waals surface area contributed by atoms with Crippen LogP contribution in [0.15, 0.2) is 24.3 Å². The highest BCUT2D eigenvalue weighted by Crippen LogP contribution is 2.46. The van der Waals surface area contributed by atoms with Gasteiger partial charge in [-0.25, -0.2) is 4.79 Å². The number of anilines is 1. The van der Waals surface area contributed by atoms with Gasteiger partial charge in [0.05, 0.1) is 5.69 Å². The van der Waals surface area contributed by atoms with E-state index in [0.717, 1.165) is 27.0 Å². The molecule has 1 atom stereocenters. The van der Waals surface area contributed by atoms with Crippen molar-refractivity contribution in [1.82, 2.24) is 5.06 Å². The first-order valence-corrected chi connectivity index (χ1v) is 9.68. The topological polar surface area (TPSA) is 59.1 Å². The first-order chi connectivity index (χ1) is 13.2. The second-order valence-electron chi connectivity index (χ2n) is 7.99. The molecule has 0 bridgehead atoms. The number of carbonyl (C=O) groups excluding carboxylic acids is 2. The van der Waals surface area contributed by atoms with E-state index in [9.17, 15) is 9.59 Å². The van der Waals surface area contributed by atoms with Crippen molar-refractivity contribution in [2.45, 2.75) is 39.2 Å². The second-order valence-corrected chi connectivity index (χ2v) is 8.30. The van der Waals surface area contributed by atoms with Crippen LogP contribution in [-0.2, 0) is 9.53 Å². The smallest absolute Gasteiger partial charge is 0.414 e. The molecule has 1 aliphatic heterocycles. The van der Waals surface area contributed by atoms with Gasteiger partial charge in [-0.3, -0.25) is 9.69 Å². The Bertz CT molecular complexity index is 923. The fourth-order valence-electron chi connectivity index (χ4n) is 3.56. The largest absolute Gasteiger partial charge is 0.443 e. The van der Waals surface area contributed by atoms with Gasteiger partial charge in [0.2, 0.25) is 6.41 Å². The van der Waals surface area contributed by atoms with Crippen LogP contribution in [0.25, 0.3) is 10.8 Å². The third-order valence-corrected chi connectivity index (χ3v) is 5.02. The van der Waals surface area contributed by atoms with Crippen LogP contribution in [0.4, 0.5) is 10.5 Å². The van der Waals surface area contributed by atoms with Crippen molar-refractivity contribution in [3.63, 3.8) is 0 Å². The maximum atomic E-state index is 12.8. The maximum absolute atomic E-state index is 12.8. The van der Waals surface area contributed by atoms with Gasteiger partial charge in [-0.2, -0.15) is 5.06 Å². The van der Waals surface area contributed by atoms with Gasteiger partial charge in [-0.05, 0) is 44.2 Å². The molecule has 0 saturated heterocycles. The molecule has 2 aromatic rings. The second kappa shape index (κ2) is 7.51. The van der Waals surface area contributed by atoms with Gasteiger partial charge in [0.15, 0.2) is 5.75 Å². The lowest BCUT2D eigenvalue weighted by Crippen LogP contribution is -2.36. The summed E-state index contributed by atoms with van der Waals surface area (Å²) in [6.07, 6.45) is 0.160. The van der Waals surface area contributed by atoms with Gasteiger partial charge < -0.3 is 9.57 Å². The summed E-state index contributed by atoms with van der Waals surface area (Å²) in [6.45, 7) is 7.91. The number of carbonyl (C=O) groups is 2. The van der Waals surface area contributed by atoms with Gasteiger partial charge in [-0.1, -0.05) is 18.2 Å². The number of ether oxygens (including phenoxy) is 1. The van der Waals surface area contributed by atoms with E-state index in [1.165, 1.54) is 7.05 Å². The van der Waals surface area contributed by atoms with E-state index >= 15 is 0 Å². The Balaban J connectivity index is 2.21. The van der Waals surface area contributed by atoms with Crippen LogP contribution in [0.2, 0.25) is 0 Å². The van der Waals surface area contributed by atoms with Crippen LogP contribution in [0.5, 0.6) is 5.75 Å². The fraction of sp³-hybridized carbons (Fsp3) is 0.429. The molecule has 1 aliphatic rings. The summed E-state index contributed by atoms with van der Waals surface area (Å²) in [5.41, 5.74) is 2.10. The van der Waals surface area contributed by atoms with Crippen LogP contribution in [0.3, 0.4) is 0 Å². The summed E-state index contributed by atoms with van der Waals surface area (Å²) in [5.74, 6) is 0.862. The van der Waals surface area contributed by atoms with E-state index < -0.39 is 11.7 Å². The fourth-order valence-corrected chi connectivity index (χ4v) is 3.81. The number of halogens is 1. The maximum Gasteiger partial charge on any atom is 0.414 e. The van der Waals surface area contributed by atoms with Crippen molar-refractivity contribution in [3.8, 4) is 5.75 Å². The van der Waals surface area contributed by atoms with Crippen molar-refractivity contribution in [3.05, 3.63) is 35.4 Å². The first-order valence-electron chi connectivity index (χ1n) is 9.15. The number of hydroxylamine groups is 2. The summed E-state index contributed by atoms with van der Waals surface area (Å²) in [7, 11) is 1.53. The number of nitrogens with zero attached hydrogens (tertiary/aromatic N) is 2. The highest BCUT2D eigenvalue weighted by atomic mass is 35.5. The molecule has 1 heterocycles. The SMILES string of the molecule is Cc1cccc2c3c(cc(ON(C)C=O)c12)N(C(=O)OC(C)(C)C)CC3CCl. The lowest BCUT2D eigenvalue weighted by molar-refractivity contribution is -0.137. The normalized spacial score (nSPS) is 16.1. The van der Waals surface area contributed by atoms with Crippen molar-refractivity contribution in [1.29, 1.82) is 0 Å². The van der Waals surface area contributed by atoms with Gasteiger partial charge in [0.25, 0.3) is 0 Å². The number of rotatable bonds is 4. The van der Waals surface area contributed by atoms with Crippen LogP contribution in [0.1, 0.15) is 37.8 Å². The van der Waals surface area contributed by atoms with Crippen LogP contribution >= 0.6 is 11.6 Å². The van der Waals surface area contributed by atoms with E-state index in [1.807, 2.05) is 45.9 Å². The Kier molecular flexibility index (Phi) is 5.44. The zero-order valence-electron chi connectivity index (χ0n) is 16.8. The minimum Gasteiger partial charge on any atom is -0.443 e. The Hall–Kier alpha value is -2.47. The quantitative estimate of drug-likeness (QED) is 0.424. The number of alkyl halides is 1. The number of fused-ring (bicyclic) bond motifs is 3. The number of benzene rings is 2. The monoisotopic (exact) mass is 404 g/mol. The van der Waals surface area contributed by atoms with Gasteiger partial charge in [-0.15, -0.1) is 11.6 Å². The molecule has 3 rings (SSSR count). The van der Waals surface area contributed by atoms with E-state index in [4.69, 9.17) is 21.2 Å². The molecule has 0 spiro atoms. The molecule has 7 heteroatoms. The molecule has 2 aromatic carbocycles. The first kappa shape index (κ1) is 20.3. The van der Waals surface area contributed by atoms with Crippen molar-refractivity contribution < 1.29 is 19.2 Å². The number of aryl methyl sites for hydroxylation is 1. The zero-order valence-corrected chi connectivity index (χ0v) is 17.5. The molecule has 6 nitrogen and oxygen atoms in total. The van der Waals surface area contributed by atoms with Crippen molar-refractivity contribution in [2.24, 2.45) is 0 Å². The van der Waals surface area contributed by atoms with Crippen LogP contribution in [-0.4, -0.2) is 42.6 Å². The summed E-state index contributed by atoms with van der Waals surface area (Å²) in [6, 6.07) is 7.74. The molecule has 0 radical (unpaired) electrons. The van der Waals surface area contributed by atoms with E-state index in [2.05, 4.69) is 0 Å². The minimum atomic E-state index is -0.610. The summed E-state index contributed by atoms with van der Waals surface area (Å²) in [5, 5.41) is 2.96. The van der Waals surface area contributed by atoms with E-state index in [0.29, 0.717) is 30.3 Å². The standard InChI is InChI=1S/C21H25ClN2O4/c1-13-7-6-8-15-18(13)17(28-23(5)12-25)9-16-19(15)14(10-22)11-24(16)20(26)27-21(2,3)4/h6-9,12,14H,10-11H2,1-5H3. The molecule has 2 amide bonds. The van der Waals surface area contributed by atoms with E-state index in [-0.39, 0.29) is 5.92 Å². The zero-order chi connectivity index (χ0) is 20.6. The minimum absolute atomic E-state index is 0.0219. The predicted molar refractivity (Wildman–Crippen MR) is 110 cm³/mol. The number of hydrogen-bond acceptors (Lipinski definition) is 4. The number of hydrogen-bond donors (Lipinski definition) is 0. The summed E-state index contributed by atoms with van der Waals surface area (Å²) < 4.78 is 5.59. The molecule has 0 saturated carbocycles. The average Bonchev–Trinajstić information content (AvgIpc) is 2.99. The van der Waals surface area contributed by atoms with Crippen LogP contribution < -0.4 is 9.74 Å². The number of amides is 2. The molecule has 0 N–H and O–H groups in total. The molecule has 0 aromatic heterocycles. The third-order valence-electron chi connectivity index (χ3n) is 4.65. The summed E-state index contributed by atoms with van der Waals surface area (Å²) >= 11 is 6.26. The third kappa shape index (κ3) is 3.74. The Morgan fingerprint density at radius 1 is 1.39 bits per heavy atom. The lowest BCUT2D eigenvalue weighted by atomic mass is 9.93. The molecule has 150 valence electrons. The highest BCUT2D eigenvalue weighted by Gasteiger charge is 2.37. The predicted octanol–water partition coefficient (Wildman–Crippen LogP) is 4.61. The lowest BCUT2D eigenvalue weighted by Gasteiger charge is -2.25. The Morgan fingerprint density at radius 2 is 2.11 bits per heavy atom. The molecule has 28 heavy (non-hydrogen) atoms. The van der Waals surface area contributed by atoms with Gasteiger partial charge in [0.1, 0.15) is 5.60 Å². The van der Waals surface area contributed by atoms with Crippen molar-refractivity contribution >= 4 is 40.6 Å². The molecule has 1 unspecified atom stereocenters. The molecule has 0 fully saturated rings. The van der Waals surface area contributed by atoms with Crippen LogP contribution in [0, 0.1) is 6.92 Å². The average molecular weight is 405 g/mol. The Morgan fingerprint density at radius 3 is 2.71 bits per heavy atom. The molecule has 0 aliphatic carbocycles. The van der Waals surface area contributed by atoms with E-state index in [1.54, 1.807) is 11.0 Å². The van der Waals surface area contributed by atoms with Crippen molar-refractivity contribution in [2.75, 3.05) is 24.4 Å². The Labute approximate surface area is 169 Å². The summed E-state index contributed by atoms with van der Waals surface area (Å²) in [4.78, 5) is 31.3.